The maximum atomic E-state index is 10.8. The van der Waals surface area contributed by atoms with E-state index in [1.807, 2.05) is 25.1 Å². The van der Waals surface area contributed by atoms with Crippen LogP contribution in [0.1, 0.15) is 24.3 Å². The van der Waals surface area contributed by atoms with Crippen LogP contribution in [0.15, 0.2) is 45.5 Å². The molecule has 1 atom stereocenters. The first-order valence-electron chi connectivity index (χ1n) is 5.77. The average Bonchev–Trinajstić information content (AvgIpc) is 2.89. The zero-order chi connectivity index (χ0) is 13.8. The molecule has 100 valence electrons. The van der Waals surface area contributed by atoms with E-state index >= 15 is 0 Å². The third-order valence-corrected chi connectivity index (χ3v) is 3.19. The van der Waals surface area contributed by atoms with Crippen molar-refractivity contribution in [1.82, 2.24) is 5.32 Å². The van der Waals surface area contributed by atoms with E-state index in [1.165, 1.54) is 6.07 Å². The molecule has 2 aromatic rings. The first-order chi connectivity index (χ1) is 9.06. The molecule has 0 fully saturated rings. The summed E-state index contributed by atoms with van der Waals surface area (Å²) in [5, 5.41) is 14.0. The Morgan fingerprint density at radius 2 is 2.26 bits per heavy atom. The Balaban J connectivity index is 2.05. The number of nitrogens with zero attached hydrogens (tertiary/aromatic N) is 1. The summed E-state index contributed by atoms with van der Waals surface area (Å²) < 4.78 is 5.99. The van der Waals surface area contributed by atoms with E-state index < -0.39 is 4.92 Å². The summed E-state index contributed by atoms with van der Waals surface area (Å²) in [4.78, 5) is 10.4. The Kier molecular flexibility index (Phi) is 4.34. The first kappa shape index (κ1) is 13.8. The molecule has 0 aliphatic carbocycles. The summed E-state index contributed by atoms with van der Waals surface area (Å²) in [6.45, 7) is 2.51. The summed E-state index contributed by atoms with van der Waals surface area (Å²) in [7, 11) is 0. The summed E-state index contributed by atoms with van der Waals surface area (Å²) >= 11 is 3.28. The van der Waals surface area contributed by atoms with Crippen molar-refractivity contribution in [2.75, 3.05) is 0 Å². The molecule has 0 saturated heterocycles. The van der Waals surface area contributed by atoms with Crippen LogP contribution in [-0.2, 0) is 6.54 Å². The standard InChI is InChI=1S/C13H13BrN2O3/c1-9(13-3-2-4-19-13)15-8-10-5-11(14)7-12(6-10)16(17)18/h2-7,9,15H,8H2,1H3. The van der Waals surface area contributed by atoms with Gasteiger partial charge in [-0.05, 0) is 30.7 Å². The number of benzene rings is 1. The Hall–Kier alpha value is -1.66. The van der Waals surface area contributed by atoms with Gasteiger partial charge in [-0.15, -0.1) is 0 Å². The quantitative estimate of drug-likeness (QED) is 0.670. The van der Waals surface area contributed by atoms with E-state index in [4.69, 9.17) is 4.42 Å². The van der Waals surface area contributed by atoms with Crippen molar-refractivity contribution >= 4 is 21.6 Å². The lowest BCUT2D eigenvalue weighted by atomic mass is 10.2. The fourth-order valence-corrected chi connectivity index (χ4v) is 2.28. The van der Waals surface area contributed by atoms with Gasteiger partial charge < -0.3 is 9.73 Å². The molecule has 0 aliphatic rings. The number of hydrogen-bond acceptors (Lipinski definition) is 4. The molecule has 0 saturated carbocycles. The Morgan fingerprint density at radius 3 is 2.89 bits per heavy atom. The Morgan fingerprint density at radius 1 is 1.47 bits per heavy atom. The number of rotatable bonds is 5. The highest BCUT2D eigenvalue weighted by Gasteiger charge is 2.11. The molecular weight excluding hydrogens is 312 g/mol. The van der Waals surface area contributed by atoms with E-state index in [2.05, 4.69) is 21.2 Å². The van der Waals surface area contributed by atoms with Crippen LogP contribution in [-0.4, -0.2) is 4.92 Å². The molecule has 1 aromatic carbocycles. The van der Waals surface area contributed by atoms with Gasteiger partial charge in [0.05, 0.1) is 17.2 Å². The molecule has 2 rings (SSSR count). The molecule has 1 aromatic heterocycles. The van der Waals surface area contributed by atoms with Crippen LogP contribution in [0.3, 0.4) is 0 Å². The topological polar surface area (TPSA) is 68.3 Å². The minimum Gasteiger partial charge on any atom is -0.468 e. The molecule has 0 bridgehead atoms. The number of non-ortho nitro benzene ring substituents is 1. The maximum Gasteiger partial charge on any atom is 0.270 e. The van der Waals surface area contributed by atoms with Crippen molar-refractivity contribution in [3.05, 3.63) is 62.5 Å². The number of furan rings is 1. The maximum absolute atomic E-state index is 10.8. The van der Waals surface area contributed by atoms with E-state index in [-0.39, 0.29) is 11.7 Å². The van der Waals surface area contributed by atoms with Gasteiger partial charge in [0.25, 0.3) is 5.69 Å². The van der Waals surface area contributed by atoms with E-state index in [0.29, 0.717) is 11.0 Å². The smallest absolute Gasteiger partial charge is 0.270 e. The van der Waals surface area contributed by atoms with Crippen LogP contribution in [0.2, 0.25) is 0 Å². The zero-order valence-electron chi connectivity index (χ0n) is 10.3. The minimum atomic E-state index is -0.399. The number of halogens is 1. The first-order valence-corrected chi connectivity index (χ1v) is 6.56. The van der Waals surface area contributed by atoms with Crippen LogP contribution < -0.4 is 5.32 Å². The lowest BCUT2D eigenvalue weighted by molar-refractivity contribution is -0.385. The van der Waals surface area contributed by atoms with Gasteiger partial charge in [0.1, 0.15) is 5.76 Å². The largest absolute Gasteiger partial charge is 0.468 e. The van der Waals surface area contributed by atoms with Crippen molar-refractivity contribution < 1.29 is 9.34 Å². The molecule has 1 unspecified atom stereocenters. The van der Waals surface area contributed by atoms with Gasteiger partial charge >= 0.3 is 0 Å². The summed E-state index contributed by atoms with van der Waals surface area (Å²) in [6, 6.07) is 8.67. The predicted octanol–water partition coefficient (Wildman–Crippen LogP) is 3.80. The highest BCUT2D eigenvalue weighted by Crippen LogP contribution is 2.22. The van der Waals surface area contributed by atoms with Crippen LogP contribution in [0, 0.1) is 10.1 Å². The van der Waals surface area contributed by atoms with Gasteiger partial charge in [-0.2, -0.15) is 0 Å². The monoisotopic (exact) mass is 324 g/mol. The minimum absolute atomic E-state index is 0.0491. The number of hydrogen-bond donors (Lipinski definition) is 1. The lowest BCUT2D eigenvalue weighted by Gasteiger charge is -2.11. The van der Waals surface area contributed by atoms with Crippen molar-refractivity contribution in [2.45, 2.75) is 19.5 Å². The lowest BCUT2D eigenvalue weighted by Crippen LogP contribution is -2.17. The van der Waals surface area contributed by atoms with Crippen molar-refractivity contribution in [3.8, 4) is 0 Å². The highest BCUT2D eigenvalue weighted by molar-refractivity contribution is 9.10. The third-order valence-electron chi connectivity index (χ3n) is 2.74. The van der Waals surface area contributed by atoms with Gasteiger partial charge in [0.2, 0.25) is 0 Å². The van der Waals surface area contributed by atoms with Crippen molar-refractivity contribution in [2.24, 2.45) is 0 Å². The van der Waals surface area contributed by atoms with Gasteiger partial charge in [0, 0.05) is 23.2 Å². The van der Waals surface area contributed by atoms with Gasteiger partial charge in [-0.3, -0.25) is 10.1 Å². The SMILES string of the molecule is CC(NCc1cc(Br)cc([N+](=O)[O-])c1)c1ccco1. The summed E-state index contributed by atoms with van der Waals surface area (Å²) in [5.74, 6) is 0.837. The van der Waals surface area contributed by atoms with Crippen LogP contribution >= 0.6 is 15.9 Å². The van der Waals surface area contributed by atoms with E-state index in [0.717, 1.165) is 11.3 Å². The zero-order valence-corrected chi connectivity index (χ0v) is 11.9. The second kappa shape index (κ2) is 5.99. The van der Waals surface area contributed by atoms with Crippen LogP contribution in [0.25, 0.3) is 0 Å². The van der Waals surface area contributed by atoms with E-state index in [9.17, 15) is 10.1 Å². The third kappa shape index (κ3) is 3.65. The molecule has 5 nitrogen and oxygen atoms in total. The molecule has 0 radical (unpaired) electrons. The fraction of sp³-hybridized carbons (Fsp3) is 0.231. The molecule has 1 N–H and O–H groups in total. The van der Waals surface area contributed by atoms with Gasteiger partial charge in [-0.1, -0.05) is 15.9 Å². The summed E-state index contributed by atoms with van der Waals surface area (Å²) in [6.07, 6.45) is 1.62. The second-order valence-corrected chi connectivity index (χ2v) is 5.11. The van der Waals surface area contributed by atoms with E-state index in [1.54, 1.807) is 12.3 Å². The number of nitro groups is 1. The van der Waals surface area contributed by atoms with Crippen molar-refractivity contribution in [3.63, 3.8) is 0 Å². The molecule has 19 heavy (non-hydrogen) atoms. The molecule has 0 spiro atoms. The normalized spacial score (nSPS) is 12.3. The second-order valence-electron chi connectivity index (χ2n) is 4.19. The fourth-order valence-electron chi connectivity index (χ4n) is 1.75. The highest BCUT2D eigenvalue weighted by atomic mass is 79.9. The van der Waals surface area contributed by atoms with Crippen molar-refractivity contribution in [1.29, 1.82) is 0 Å². The Bertz CT molecular complexity index is 569. The average molecular weight is 325 g/mol. The summed E-state index contributed by atoms with van der Waals surface area (Å²) in [5.41, 5.74) is 0.927. The molecular formula is C13H13BrN2O3. The molecule has 1 heterocycles. The number of nitrogens with one attached hydrogen (secondary N) is 1. The molecule has 0 amide bonds. The molecule has 0 aliphatic heterocycles. The number of nitro benzene ring substituents is 1. The van der Waals surface area contributed by atoms with Crippen LogP contribution in [0.5, 0.6) is 0 Å². The molecule has 6 heteroatoms. The van der Waals surface area contributed by atoms with Gasteiger partial charge in [0.15, 0.2) is 0 Å². The Labute approximate surface area is 118 Å². The van der Waals surface area contributed by atoms with Crippen LogP contribution in [0.4, 0.5) is 5.69 Å². The van der Waals surface area contributed by atoms with Gasteiger partial charge in [-0.25, -0.2) is 0 Å². The predicted molar refractivity (Wildman–Crippen MR) is 74.8 cm³/mol.